The van der Waals surface area contributed by atoms with Crippen molar-refractivity contribution in [2.45, 2.75) is 19.3 Å². The number of carbonyl (C=O) groups is 1. The van der Waals surface area contributed by atoms with E-state index in [-0.39, 0.29) is 23.9 Å². The van der Waals surface area contributed by atoms with Crippen LogP contribution >= 0.6 is 0 Å². The summed E-state index contributed by atoms with van der Waals surface area (Å²) in [6.07, 6.45) is 1.45. The van der Waals surface area contributed by atoms with Gasteiger partial charge in [0.25, 0.3) is 0 Å². The molecule has 2 atom stereocenters. The molecule has 1 aliphatic rings. The lowest BCUT2D eigenvalue weighted by atomic mass is 9.78. The molecule has 0 amide bonds. The molecule has 0 radical (unpaired) electrons. The van der Waals surface area contributed by atoms with Gasteiger partial charge in [-0.1, -0.05) is 29.8 Å². The highest BCUT2D eigenvalue weighted by Gasteiger charge is 2.32. The highest BCUT2D eigenvalue weighted by Crippen LogP contribution is 2.35. The molecule has 86 valence electrons. The van der Waals surface area contributed by atoms with Gasteiger partial charge in [0.1, 0.15) is 11.7 Å². The first-order valence-corrected chi connectivity index (χ1v) is 5.51. The van der Waals surface area contributed by atoms with Crippen molar-refractivity contribution in [1.82, 2.24) is 0 Å². The standard InChI is InChI=1S/C14H13NO2/c1-9-2-4-10(5-3-9)12-6-11(16)7-14(17)13(12)8-15/h2-5,7,12-13,17H,6H2,1H3. The van der Waals surface area contributed by atoms with Gasteiger partial charge >= 0.3 is 0 Å². The molecule has 0 aliphatic heterocycles. The van der Waals surface area contributed by atoms with Crippen molar-refractivity contribution in [1.29, 1.82) is 5.26 Å². The minimum atomic E-state index is -0.615. The fourth-order valence-corrected chi connectivity index (χ4v) is 2.13. The van der Waals surface area contributed by atoms with E-state index in [9.17, 15) is 9.90 Å². The maximum Gasteiger partial charge on any atom is 0.159 e. The van der Waals surface area contributed by atoms with Crippen LogP contribution in [0.2, 0.25) is 0 Å². The first kappa shape index (κ1) is 11.4. The van der Waals surface area contributed by atoms with Crippen LogP contribution in [0.1, 0.15) is 23.5 Å². The van der Waals surface area contributed by atoms with Gasteiger partial charge in [0.15, 0.2) is 5.78 Å². The van der Waals surface area contributed by atoms with Gasteiger partial charge in [-0.3, -0.25) is 4.79 Å². The average Bonchev–Trinajstić information content (AvgIpc) is 2.29. The second kappa shape index (κ2) is 4.42. The molecular formula is C14H13NO2. The number of ketones is 1. The van der Waals surface area contributed by atoms with Crippen molar-refractivity contribution in [2.24, 2.45) is 5.92 Å². The quantitative estimate of drug-likeness (QED) is 0.802. The Morgan fingerprint density at radius 1 is 1.35 bits per heavy atom. The molecule has 0 spiro atoms. The third-order valence-electron chi connectivity index (χ3n) is 3.10. The zero-order valence-electron chi connectivity index (χ0n) is 9.55. The van der Waals surface area contributed by atoms with Crippen LogP contribution < -0.4 is 0 Å². The molecule has 0 bridgehead atoms. The van der Waals surface area contributed by atoms with E-state index >= 15 is 0 Å². The first-order chi connectivity index (χ1) is 8.11. The summed E-state index contributed by atoms with van der Waals surface area (Å²) in [5, 5.41) is 18.7. The van der Waals surface area contributed by atoms with Crippen molar-refractivity contribution in [2.75, 3.05) is 0 Å². The fourth-order valence-electron chi connectivity index (χ4n) is 2.13. The van der Waals surface area contributed by atoms with Crippen molar-refractivity contribution in [3.8, 4) is 6.07 Å². The summed E-state index contributed by atoms with van der Waals surface area (Å²) in [4.78, 5) is 11.4. The number of rotatable bonds is 1. The summed E-state index contributed by atoms with van der Waals surface area (Å²) in [5.41, 5.74) is 2.05. The smallest absolute Gasteiger partial charge is 0.159 e. The van der Waals surface area contributed by atoms with E-state index in [1.54, 1.807) is 0 Å². The van der Waals surface area contributed by atoms with Crippen molar-refractivity contribution >= 4 is 5.78 Å². The molecule has 2 unspecified atom stereocenters. The molecule has 2 rings (SSSR count). The molecule has 1 N–H and O–H groups in total. The highest BCUT2D eigenvalue weighted by molar-refractivity contribution is 5.92. The van der Waals surface area contributed by atoms with Crippen molar-refractivity contribution in [3.05, 3.63) is 47.2 Å². The molecule has 1 aliphatic carbocycles. The molecule has 0 saturated heterocycles. The van der Waals surface area contributed by atoms with Gasteiger partial charge < -0.3 is 5.11 Å². The number of aliphatic hydroxyl groups excluding tert-OH is 1. The molecule has 1 aromatic carbocycles. The van der Waals surface area contributed by atoms with Gasteiger partial charge in [0.05, 0.1) is 6.07 Å². The van der Waals surface area contributed by atoms with Gasteiger partial charge in [0.2, 0.25) is 0 Å². The monoisotopic (exact) mass is 227 g/mol. The van der Waals surface area contributed by atoms with Crippen LogP contribution in [0.3, 0.4) is 0 Å². The number of nitriles is 1. The minimum absolute atomic E-state index is 0.116. The fraction of sp³-hybridized carbons (Fsp3) is 0.286. The van der Waals surface area contributed by atoms with Gasteiger partial charge in [-0.2, -0.15) is 5.26 Å². The zero-order chi connectivity index (χ0) is 12.4. The zero-order valence-corrected chi connectivity index (χ0v) is 9.55. The van der Waals surface area contributed by atoms with E-state index in [1.807, 2.05) is 31.2 Å². The molecule has 0 heterocycles. The Hall–Kier alpha value is -2.08. The normalized spacial score (nSPS) is 24.0. The lowest BCUT2D eigenvalue weighted by molar-refractivity contribution is -0.115. The van der Waals surface area contributed by atoms with Crippen LogP contribution in [-0.2, 0) is 4.79 Å². The molecule has 0 aromatic heterocycles. The molecule has 3 nitrogen and oxygen atoms in total. The van der Waals surface area contributed by atoms with Crippen LogP contribution in [0, 0.1) is 24.2 Å². The topological polar surface area (TPSA) is 61.1 Å². The van der Waals surface area contributed by atoms with E-state index in [1.165, 1.54) is 6.08 Å². The van der Waals surface area contributed by atoms with E-state index in [0.717, 1.165) is 11.1 Å². The number of carbonyl (C=O) groups excluding carboxylic acids is 1. The Morgan fingerprint density at radius 2 is 2.00 bits per heavy atom. The lowest BCUT2D eigenvalue weighted by Gasteiger charge is -2.24. The number of hydrogen-bond acceptors (Lipinski definition) is 3. The number of hydrogen-bond donors (Lipinski definition) is 1. The average molecular weight is 227 g/mol. The number of allylic oxidation sites excluding steroid dienone is 2. The Morgan fingerprint density at radius 3 is 2.59 bits per heavy atom. The molecule has 0 saturated carbocycles. The van der Waals surface area contributed by atoms with Gasteiger partial charge in [-0.25, -0.2) is 0 Å². The minimum Gasteiger partial charge on any atom is -0.511 e. The molecule has 0 fully saturated rings. The number of nitrogens with zero attached hydrogens (tertiary/aromatic N) is 1. The summed E-state index contributed by atoms with van der Waals surface area (Å²) in [6.45, 7) is 1.98. The summed E-state index contributed by atoms with van der Waals surface area (Å²) in [7, 11) is 0. The van der Waals surface area contributed by atoms with Crippen molar-refractivity contribution < 1.29 is 9.90 Å². The van der Waals surface area contributed by atoms with Gasteiger partial charge in [0, 0.05) is 18.4 Å². The number of aryl methyl sites for hydroxylation is 1. The highest BCUT2D eigenvalue weighted by atomic mass is 16.3. The Labute approximate surface area is 100 Å². The largest absolute Gasteiger partial charge is 0.511 e. The SMILES string of the molecule is Cc1ccc(C2CC(=O)C=C(O)C2C#N)cc1. The summed E-state index contributed by atoms with van der Waals surface area (Å²) in [6, 6.07) is 9.79. The third-order valence-corrected chi connectivity index (χ3v) is 3.10. The first-order valence-electron chi connectivity index (χ1n) is 5.51. The van der Waals surface area contributed by atoms with Crippen LogP contribution in [0.25, 0.3) is 0 Å². The van der Waals surface area contributed by atoms with E-state index in [2.05, 4.69) is 6.07 Å². The lowest BCUT2D eigenvalue weighted by Crippen LogP contribution is -2.22. The van der Waals surface area contributed by atoms with Crippen LogP contribution in [0.15, 0.2) is 36.1 Å². The summed E-state index contributed by atoms with van der Waals surface area (Å²) in [5.74, 6) is -1.09. The third kappa shape index (κ3) is 2.21. The van der Waals surface area contributed by atoms with Gasteiger partial charge in [-0.05, 0) is 12.5 Å². The Balaban J connectivity index is 2.38. The predicted molar refractivity (Wildman–Crippen MR) is 63.4 cm³/mol. The summed E-state index contributed by atoms with van der Waals surface area (Å²) < 4.78 is 0. The second-order valence-corrected chi connectivity index (χ2v) is 4.36. The predicted octanol–water partition coefficient (Wildman–Crippen LogP) is 2.63. The number of aliphatic hydroxyl groups is 1. The Bertz CT molecular complexity index is 508. The Kier molecular flexibility index (Phi) is 2.97. The molecule has 3 heteroatoms. The number of benzene rings is 1. The molecule has 17 heavy (non-hydrogen) atoms. The molecular weight excluding hydrogens is 214 g/mol. The van der Waals surface area contributed by atoms with Gasteiger partial charge in [-0.15, -0.1) is 0 Å². The van der Waals surface area contributed by atoms with Crippen LogP contribution in [0.4, 0.5) is 0 Å². The van der Waals surface area contributed by atoms with E-state index in [4.69, 9.17) is 5.26 Å². The second-order valence-electron chi connectivity index (χ2n) is 4.36. The van der Waals surface area contributed by atoms with Crippen LogP contribution in [-0.4, -0.2) is 10.9 Å². The maximum atomic E-state index is 11.4. The summed E-state index contributed by atoms with van der Waals surface area (Å²) >= 11 is 0. The van der Waals surface area contributed by atoms with Crippen molar-refractivity contribution in [3.63, 3.8) is 0 Å². The van der Waals surface area contributed by atoms with Crippen LogP contribution in [0.5, 0.6) is 0 Å². The molecule has 1 aromatic rings. The van der Waals surface area contributed by atoms with E-state index in [0.29, 0.717) is 0 Å². The van der Waals surface area contributed by atoms with E-state index < -0.39 is 5.92 Å². The maximum absolute atomic E-state index is 11.4.